The molecule has 8 heteroatoms. The molecule has 0 radical (unpaired) electrons. The Labute approximate surface area is 159 Å². The van der Waals surface area contributed by atoms with Crippen molar-refractivity contribution < 1.29 is 22.0 Å². The Kier molecular flexibility index (Phi) is 5.76. The first kappa shape index (κ1) is 19.3. The van der Waals surface area contributed by atoms with Gasteiger partial charge >= 0.3 is 5.76 Å². The van der Waals surface area contributed by atoms with E-state index in [0.717, 1.165) is 21.7 Å². The summed E-state index contributed by atoms with van der Waals surface area (Å²) in [6, 6.07) is 18.7. The summed E-state index contributed by atoms with van der Waals surface area (Å²) in [4.78, 5) is 12.5. The fourth-order valence-corrected chi connectivity index (χ4v) is 4.14. The van der Waals surface area contributed by atoms with Crippen molar-refractivity contribution in [1.29, 1.82) is 0 Å². The highest BCUT2D eigenvalue weighted by Crippen LogP contribution is 2.27. The van der Waals surface area contributed by atoms with E-state index in [1.54, 1.807) is 0 Å². The first-order valence-electron chi connectivity index (χ1n) is 7.90. The van der Waals surface area contributed by atoms with Crippen molar-refractivity contribution in [2.24, 2.45) is 0 Å². The molecule has 0 bridgehead atoms. The molecular weight excluding hydrogens is 392 g/mol. The van der Waals surface area contributed by atoms with Crippen LogP contribution in [0.15, 0.2) is 76.5 Å². The van der Waals surface area contributed by atoms with E-state index in [0.29, 0.717) is 0 Å². The van der Waals surface area contributed by atoms with E-state index in [1.165, 1.54) is 30.0 Å². The van der Waals surface area contributed by atoms with Crippen LogP contribution >= 0.6 is 11.8 Å². The molecule has 0 saturated heterocycles. The maximum atomic E-state index is 12.8. The second-order valence-electron chi connectivity index (χ2n) is 5.65. The molecule has 4 nitrogen and oxygen atoms in total. The van der Waals surface area contributed by atoms with E-state index < -0.39 is 26.4 Å². The van der Waals surface area contributed by atoms with Crippen molar-refractivity contribution >= 4 is 44.0 Å². The molecule has 0 atom stereocenters. The second kappa shape index (κ2) is 8.06. The summed E-state index contributed by atoms with van der Waals surface area (Å²) in [6.45, 7) is 0. The molecule has 1 N–H and O–H groups in total. The minimum absolute atomic E-state index is 0.0153. The smallest absolute Gasteiger partial charge is 0.324 e. The Morgan fingerprint density at radius 1 is 0.963 bits per heavy atom. The van der Waals surface area contributed by atoms with E-state index in [9.17, 15) is 22.0 Å². The summed E-state index contributed by atoms with van der Waals surface area (Å²) in [7, 11) is -4.80. The number of thioether (sulfide) groups is 1. The van der Waals surface area contributed by atoms with Crippen molar-refractivity contribution in [3.63, 3.8) is 0 Å². The number of halogens is 2. The average Bonchev–Trinajstić information content (AvgIpc) is 2.66. The molecule has 0 saturated carbocycles. The number of rotatable bonds is 6. The molecule has 1 amide bonds. The second-order valence-corrected chi connectivity index (χ2v) is 8.58. The summed E-state index contributed by atoms with van der Waals surface area (Å²) in [5.74, 6) is -4.02. The van der Waals surface area contributed by atoms with Gasteiger partial charge < -0.3 is 5.32 Å². The standard InChI is InChI=1S/C19H15F2NO3S2/c20-19(21)27(24,25)17-8-4-3-7-16(17)22-18(23)12-26-15-10-9-13-5-1-2-6-14(13)11-15/h1-11,19H,12H2,(H,22,23). The van der Waals surface area contributed by atoms with Crippen LogP contribution in [0.2, 0.25) is 0 Å². The molecule has 0 spiro atoms. The lowest BCUT2D eigenvalue weighted by Gasteiger charge is -2.11. The van der Waals surface area contributed by atoms with Gasteiger partial charge in [0.2, 0.25) is 15.7 Å². The van der Waals surface area contributed by atoms with Crippen LogP contribution in [0.1, 0.15) is 0 Å². The zero-order chi connectivity index (χ0) is 19.4. The van der Waals surface area contributed by atoms with Crippen LogP contribution in [0.25, 0.3) is 10.8 Å². The minimum Gasteiger partial charge on any atom is -0.324 e. The summed E-state index contributed by atoms with van der Waals surface area (Å²) in [5.41, 5.74) is -0.151. The van der Waals surface area contributed by atoms with Gasteiger partial charge in [-0.1, -0.05) is 42.5 Å². The Hall–Kier alpha value is -2.45. The van der Waals surface area contributed by atoms with E-state index >= 15 is 0 Å². The van der Waals surface area contributed by atoms with E-state index in [4.69, 9.17) is 0 Å². The zero-order valence-electron chi connectivity index (χ0n) is 13.9. The Balaban J connectivity index is 1.71. The first-order valence-corrected chi connectivity index (χ1v) is 10.4. The lowest BCUT2D eigenvalue weighted by atomic mass is 10.1. The molecule has 0 aliphatic heterocycles. The third kappa shape index (κ3) is 4.45. The molecule has 0 unspecified atom stereocenters. The van der Waals surface area contributed by atoms with Gasteiger partial charge in [0.1, 0.15) is 0 Å². The summed E-state index contributed by atoms with van der Waals surface area (Å²) in [6.07, 6.45) is 0. The molecule has 3 aromatic rings. The number of carbonyl (C=O) groups excluding carboxylic acids is 1. The summed E-state index contributed by atoms with van der Waals surface area (Å²) < 4.78 is 49.1. The van der Waals surface area contributed by atoms with Crippen LogP contribution in [-0.2, 0) is 14.6 Å². The third-order valence-corrected chi connectivity index (χ3v) is 6.23. The minimum atomic E-state index is -4.80. The van der Waals surface area contributed by atoms with Crippen LogP contribution in [0.4, 0.5) is 14.5 Å². The molecule has 0 aromatic heterocycles. The van der Waals surface area contributed by atoms with E-state index in [2.05, 4.69) is 5.32 Å². The zero-order valence-corrected chi connectivity index (χ0v) is 15.6. The molecule has 0 fully saturated rings. The van der Waals surface area contributed by atoms with Crippen molar-refractivity contribution in [1.82, 2.24) is 0 Å². The van der Waals surface area contributed by atoms with Crippen LogP contribution in [0.5, 0.6) is 0 Å². The van der Waals surface area contributed by atoms with E-state index in [-0.39, 0.29) is 11.4 Å². The maximum absolute atomic E-state index is 12.8. The first-order chi connectivity index (χ1) is 12.9. The monoisotopic (exact) mass is 407 g/mol. The van der Waals surface area contributed by atoms with Gasteiger partial charge in [-0.2, -0.15) is 8.78 Å². The summed E-state index contributed by atoms with van der Waals surface area (Å²) in [5, 5.41) is 4.53. The van der Waals surface area contributed by atoms with Gasteiger partial charge in [0, 0.05) is 4.90 Å². The fourth-order valence-electron chi connectivity index (χ4n) is 2.51. The number of carbonyl (C=O) groups is 1. The van der Waals surface area contributed by atoms with Gasteiger partial charge in [0.05, 0.1) is 16.3 Å². The number of hydrogen-bond donors (Lipinski definition) is 1. The number of alkyl halides is 2. The molecule has 0 aliphatic rings. The SMILES string of the molecule is O=C(CSc1ccc2ccccc2c1)Nc1ccccc1S(=O)(=O)C(F)F. The predicted octanol–water partition coefficient (Wildman–Crippen LogP) is 4.57. The summed E-state index contributed by atoms with van der Waals surface area (Å²) >= 11 is 1.27. The molecule has 3 rings (SSSR count). The van der Waals surface area contributed by atoms with Gasteiger partial charge in [0.25, 0.3) is 0 Å². The lowest BCUT2D eigenvalue weighted by Crippen LogP contribution is -2.19. The molecule has 3 aromatic carbocycles. The van der Waals surface area contributed by atoms with Gasteiger partial charge in [-0.25, -0.2) is 8.42 Å². The predicted molar refractivity (Wildman–Crippen MR) is 103 cm³/mol. The topological polar surface area (TPSA) is 63.2 Å². The highest BCUT2D eigenvalue weighted by atomic mass is 32.2. The van der Waals surface area contributed by atoms with E-state index in [1.807, 2.05) is 42.5 Å². The number of nitrogens with one attached hydrogen (secondary N) is 1. The van der Waals surface area contributed by atoms with Crippen molar-refractivity contribution in [3.05, 3.63) is 66.7 Å². The maximum Gasteiger partial charge on any atom is 0.341 e. The Morgan fingerprint density at radius 3 is 2.37 bits per heavy atom. The number of para-hydroxylation sites is 1. The lowest BCUT2D eigenvalue weighted by molar-refractivity contribution is -0.113. The molecule has 140 valence electrons. The number of amides is 1. The number of anilines is 1. The number of benzene rings is 3. The van der Waals surface area contributed by atoms with Gasteiger partial charge in [-0.05, 0) is 35.0 Å². The molecule has 27 heavy (non-hydrogen) atoms. The highest BCUT2D eigenvalue weighted by molar-refractivity contribution is 8.00. The third-order valence-electron chi connectivity index (χ3n) is 3.79. The van der Waals surface area contributed by atoms with Crippen LogP contribution in [0, 0.1) is 0 Å². The quantitative estimate of drug-likeness (QED) is 0.608. The van der Waals surface area contributed by atoms with Crippen molar-refractivity contribution in [2.45, 2.75) is 15.5 Å². The van der Waals surface area contributed by atoms with Crippen LogP contribution in [0.3, 0.4) is 0 Å². The number of hydrogen-bond acceptors (Lipinski definition) is 4. The number of sulfone groups is 1. The van der Waals surface area contributed by atoms with Gasteiger partial charge in [-0.15, -0.1) is 11.8 Å². The largest absolute Gasteiger partial charge is 0.341 e. The highest BCUT2D eigenvalue weighted by Gasteiger charge is 2.29. The normalized spacial score (nSPS) is 11.7. The average molecular weight is 407 g/mol. The van der Waals surface area contributed by atoms with Crippen molar-refractivity contribution in [2.75, 3.05) is 11.1 Å². The van der Waals surface area contributed by atoms with Crippen LogP contribution in [-0.4, -0.2) is 25.8 Å². The number of fused-ring (bicyclic) bond motifs is 1. The molecule has 0 heterocycles. The van der Waals surface area contributed by atoms with Crippen molar-refractivity contribution in [3.8, 4) is 0 Å². The Bertz CT molecular complexity index is 1090. The Morgan fingerprint density at radius 2 is 1.63 bits per heavy atom. The van der Waals surface area contributed by atoms with Gasteiger partial charge in [0.15, 0.2) is 0 Å². The van der Waals surface area contributed by atoms with Gasteiger partial charge in [-0.3, -0.25) is 4.79 Å². The van der Waals surface area contributed by atoms with Crippen LogP contribution < -0.4 is 5.32 Å². The fraction of sp³-hybridized carbons (Fsp3) is 0.105. The molecule has 0 aliphatic carbocycles. The molecular formula is C19H15F2NO3S2.